The fraction of sp³-hybridized carbons (Fsp3) is 0.240. The topological polar surface area (TPSA) is 82.5 Å². The van der Waals surface area contributed by atoms with Crippen molar-refractivity contribution in [3.63, 3.8) is 0 Å². The number of fused-ring (bicyclic) bond motifs is 1. The Hall–Kier alpha value is -3.19. The molecule has 4 aromatic rings. The summed E-state index contributed by atoms with van der Waals surface area (Å²) in [6, 6.07) is 23.6. The van der Waals surface area contributed by atoms with Gasteiger partial charge in [-0.1, -0.05) is 48.5 Å². The number of imidazole rings is 1. The molecule has 0 spiro atoms. The van der Waals surface area contributed by atoms with Crippen LogP contribution < -0.4 is 5.73 Å². The number of anilines is 1. The smallest absolute Gasteiger partial charge is 0.185 e. The molecule has 31 heavy (non-hydrogen) atoms. The maximum atomic E-state index is 9.36. The van der Waals surface area contributed by atoms with E-state index in [-0.39, 0.29) is 18.8 Å². The number of para-hydroxylation sites is 2. The van der Waals surface area contributed by atoms with E-state index in [4.69, 9.17) is 15.2 Å². The first-order chi connectivity index (χ1) is 15.2. The van der Waals surface area contributed by atoms with Gasteiger partial charge in [0, 0.05) is 17.7 Å². The van der Waals surface area contributed by atoms with Gasteiger partial charge in [-0.2, -0.15) is 0 Å². The number of nitrogens with two attached hydrogens (primary N) is 1. The molecule has 1 unspecified atom stereocenters. The monoisotopic (exact) mass is 415 g/mol. The Balaban J connectivity index is 1.44. The summed E-state index contributed by atoms with van der Waals surface area (Å²) in [6.07, 6.45) is 1.86. The molecule has 0 aliphatic carbocycles. The molecular formula is C25H25N3O3. The molecule has 1 fully saturated rings. The summed E-state index contributed by atoms with van der Waals surface area (Å²) < 4.78 is 14.9. The standard InChI is InChI=1S/C25H25N3O3/c26-20-5-3-4-19(12-20)25-30-21(14-28-16-27-22-6-1-2-7-23(22)28)13-24(31-25)18-10-8-17(15-29)9-11-18/h1-12,16,21,24-25,29H,13-15,26H2/t21-,24+,25?/m0/s1. The third kappa shape index (κ3) is 4.18. The molecule has 158 valence electrons. The molecule has 1 aliphatic heterocycles. The second-order valence-corrected chi connectivity index (χ2v) is 7.91. The summed E-state index contributed by atoms with van der Waals surface area (Å²) in [4.78, 5) is 4.51. The molecule has 3 aromatic carbocycles. The number of rotatable bonds is 5. The van der Waals surface area contributed by atoms with E-state index >= 15 is 0 Å². The van der Waals surface area contributed by atoms with E-state index in [1.807, 2.05) is 73.1 Å². The molecule has 0 amide bonds. The van der Waals surface area contributed by atoms with Gasteiger partial charge in [-0.05, 0) is 35.4 Å². The molecule has 1 aliphatic rings. The number of aliphatic hydroxyl groups is 1. The Bertz CT molecular complexity index is 1170. The Labute approximate surface area is 180 Å². The van der Waals surface area contributed by atoms with Crippen LogP contribution in [-0.2, 0) is 22.6 Å². The van der Waals surface area contributed by atoms with Gasteiger partial charge < -0.3 is 24.9 Å². The van der Waals surface area contributed by atoms with Gasteiger partial charge in [0.05, 0.1) is 42.7 Å². The van der Waals surface area contributed by atoms with Crippen LogP contribution in [0, 0.1) is 0 Å². The maximum absolute atomic E-state index is 9.36. The van der Waals surface area contributed by atoms with Gasteiger partial charge in [0.1, 0.15) is 0 Å². The van der Waals surface area contributed by atoms with Crippen LogP contribution >= 0.6 is 0 Å². The van der Waals surface area contributed by atoms with Crippen molar-refractivity contribution in [2.45, 2.75) is 38.1 Å². The Kier molecular flexibility index (Phi) is 5.42. The van der Waals surface area contributed by atoms with Gasteiger partial charge in [-0.3, -0.25) is 0 Å². The van der Waals surface area contributed by atoms with Crippen LogP contribution in [0.25, 0.3) is 11.0 Å². The summed E-state index contributed by atoms with van der Waals surface area (Å²) in [7, 11) is 0. The number of hydrogen-bond acceptors (Lipinski definition) is 5. The van der Waals surface area contributed by atoms with Crippen LogP contribution in [0.4, 0.5) is 5.69 Å². The van der Waals surface area contributed by atoms with E-state index < -0.39 is 6.29 Å². The van der Waals surface area contributed by atoms with E-state index in [9.17, 15) is 5.11 Å². The zero-order chi connectivity index (χ0) is 21.2. The highest BCUT2D eigenvalue weighted by Crippen LogP contribution is 2.38. The van der Waals surface area contributed by atoms with E-state index in [0.29, 0.717) is 18.7 Å². The fourth-order valence-electron chi connectivity index (χ4n) is 4.11. The van der Waals surface area contributed by atoms with Crippen molar-refractivity contribution in [2.75, 3.05) is 5.73 Å². The van der Waals surface area contributed by atoms with Crippen molar-refractivity contribution >= 4 is 16.7 Å². The number of hydrogen-bond donors (Lipinski definition) is 2. The highest BCUT2D eigenvalue weighted by Gasteiger charge is 2.32. The largest absolute Gasteiger partial charge is 0.399 e. The van der Waals surface area contributed by atoms with Crippen molar-refractivity contribution in [3.8, 4) is 0 Å². The average molecular weight is 415 g/mol. The van der Waals surface area contributed by atoms with Crippen LogP contribution in [0.5, 0.6) is 0 Å². The summed E-state index contributed by atoms with van der Waals surface area (Å²) in [5.41, 5.74) is 11.6. The molecule has 0 bridgehead atoms. The number of nitrogens with zero attached hydrogens (tertiary/aromatic N) is 2. The average Bonchev–Trinajstić information content (AvgIpc) is 3.22. The molecule has 5 rings (SSSR count). The first-order valence-corrected chi connectivity index (χ1v) is 10.5. The Morgan fingerprint density at radius 1 is 0.968 bits per heavy atom. The highest BCUT2D eigenvalue weighted by molar-refractivity contribution is 5.74. The number of benzene rings is 3. The van der Waals surface area contributed by atoms with Gasteiger partial charge >= 0.3 is 0 Å². The van der Waals surface area contributed by atoms with Crippen LogP contribution in [0.15, 0.2) is 79.1 Å². The molecule has 0 radical (unpaired) electrons. The second kappa shape index (κ2) is 8.51. The molecule has 0 saturated carbocycles. The molecule has 6 heteroatoms. The van der Waals surface area contributed by atoms with Gasteiger partial charge in [0.25, 0.3) is 0 Å². The lowest BCUT2D eigenvalue weighted by molar-refractivity contribution is -0.252. The summed E-state index contributed by atoms with van der Waals surface area (Å²) in [5, 5.41) is 9.36. The van der Waals surface area contributed by atoms with Crippen molar-refractivity contribution in [1.82, 2.24) is 9.55 Å². The third-order valence-corrected chi connectivity index (χ3v) is 5.73. The molecular weight excluding hydrogens is 390 g/mol. The molecule has 1 saturated heterocycles. The van der Waals surface area contributed by atoms with E-state index in [2.05, 4.69) is 15.6 Å². The van der Waals surface area contributed by atoms with E-state index in [0.717, 1.165) is 27.7 Å². The SMILES string of the molecule is Nc1cccc(C2O[C@H](Cn3cnc4ccccc43)C[C@H](c3ccc(CO)cc3)O2)c1. The first kappa shape index (κ1) is 19.8. The minimum Gasteiger partial charge on any atom is -0.399 e. The zero-order valence-electron chi connectivity index (χ0n) is 17.1. The third-order valence-electron chi connectivity index (χ3n) is 5.73. The van der Waals surface area contributed by atoms with Crippen LogP contribution in [0.2, 0.25) is 0 Å². The predicted octanol–water partition coefficient (Wildman–Crippen LogP) is 4.36. The van der Waals surface area contributed by atoms with Crippen LogP contribution in [0.3, 0.4) is 0 Å². The van der Waals surface area contributed by atoms with Crippen molar-refractivity contribution in [1.29, 1.82) is 0 Å². The number of aromatic nitrogens is 2. The molecule has 2 heterocycles. The molecule has 1 aromatic heterocycles. The van der Waals surface area contributed by atoms with Crippen molar-refractivity contribution in [3.05, 3.63) is 95.8 Å². The minimum atomic E-state index is -0.514. The lowest BCUT2D eigenvalue weighted by atomic mass is 10.00. The van der Waals surface area contributed by atoms with E-state index in [1.54, 1.807) is 0 Å². The molecule has 6 nitrogen and oxygen atoms in total. The van der Waals surface area contributed by atoms with Crippen LogP contribution in [-0.4, -0.2) is 20.8 Å². The van der Waals surface area contributed by atoms with Gasteiger partial charge in [-0.15, -0.1) is 0 Å². The molecule has 3 atom stereocenters. The Morgan fingerprint density at radius 3 is 2.61 bits per heavy atom. The van der Waals surface area contributed by atoms with E-state index in [1.165, 1.54) is 0 Å². The summed E-state index contributed by atoms with van der Waals surface area (Å²) in [5.74, 6) is 0. The fourth-order valence-corrected chi connectivity index (χ4v) is 4.11. The maximum Gasteiger partial charge on any atom is 0.185 e. The predicted molar refractivity (Wildman–Crippen MR) is 119 cm³/mol. The second-order valence-electron chi connectivity index (χ2n) is 7.91. The van der Waals surface area contributed by atoms with Gasteiger partial charge in [-0.25, -0.2) is 4.98 Å². The van der Waals surface area contributed by atoms with Gasteiger partial charge in [0.15, 0.2) is 6.29 Å². The number of nitrogen functional groups attached to an aromatic ring is 1. The lowest BCUT2D eigenvalue weighted by Crippen LogP contribution is -2.32. The molecule has 3 N–H and O–H groups in total. The van der Waals surface area contributed by atoms with Crippen LogP contribution in [0.1, 0.15) is 35.5 Å². The first-order valence-electron chi connectivity index (χ1n) is 10.5. The minimum absolute atomic E-state index is 0.0250. The van der Waals surface area contributed by atoms with Crippen molar-refractivity contribution in [2.24, 2.45) is 0 Å². The Morgan fingerprint density at radius 2 is 1.81 bits per heavy atom. The lowest BCUT2D eigenvalue weighted by Gasteiger charge is -2.36. The quantitative estimate of drug-likeness (QED) is 0.474. The number of ether oxygens (including phenoxy) is 2. The van der Waals surface area contributed by atoms with Gasteiger partial charge in [0.2, 0.25) is 0 Å². The van der Waals surface area contributed by atoms with Crippen molar-refractivity contribution < 1.29 is 14.6 Å². The normalized spacial score (nSPS) is 21.4. The zero-order valence-corrected chi connectivity index (χ0v) is 17.1. The number of aliphatic hydroxyl groups excluding tert-OH is 1. The summed E-state index contributed by atoms with van der Waals surface area (Å²) in [6.45, 7) is 0.699. The summed E-state index contributed by atoms with van der Waals surface area (Å²) >= 11 is 0. The highest BCUT2D eigenvalue weighted by atomic mass is 16.7.